The van der Waals surface area contributed by atoms with Gasteiger partial charge in [-0.05, 0) is 31.4 Å². The van der Waals surface area contributed by atoms with Gasteiger partial charge in [0.05, 0.1) is 16.8 Å². The molecule has 0 saturated carbocycles. The molecule has 0 radical (unpaired) electrons. The summed E-state index contributed by atoms with van der Waals surface area (Å²) in [6.07, 6.45) is 1.22. The molecular weight excluding hydrogens is 481 g/mol. The van der Waals surface area contributed by atoms with Gasteiger partial charge < -0.3 is 15.1 Å². The number of benzene rings is 1. The molecule has 10 nitrogen and oxygen atoms in total. The average Bonchev–Trinajstić information content (AvgIpc) is 3.08. The minimum atomic E-state index is -1.09. The van der Waals surface area contributed by atoms with Crippen molar-refractivity contribution in [1.82, 2.24) is 20.4 Å². The maximum atomic E-state index is 15.0. The topological polar surface area (TPSA) is 119 Å². The third-order valence-corrected chi connectivity index (χ3v) is 7.12. The lowest BCUT2D eigenvalue weighted by molar-refractivity contribution is -0.137. The van der Waals surface area contributed by atoms with Gasteiger partial charge in [0.25, 0.3) is 11.8 Å². The molecule has 1 aromatic rings. The van der Waals surface area contributed by atoms with Crippen LogP contribution in [0, 0.1) is 11.7 Å². The molecule has 0 spiro atoms. The van der Waals surface area contributed by atoms with Crippen molar-refractivity contribution in [2.75, 3.05) is 44.2 Å². The van der Waals surface area contributed by atoms with Crippen molar-refractivity contribution < 1.29 is 28.4 Å². The van der Waals surface area contributed by atoms with Gasteiger partial charge in [-0.2, -0.15) is 0 Å². The van der Waals surface area contributed by atoms with Crippen molar-refractivity contribution in [2.45, 2.75) is 31.7 Å². The number of nitrogens with one attached hydrogen (secondary N) is 2. The molecule has 5 rings (SSSR count). The predicted octanol–water partition coefficient (Wildman–Crippen LogP) is 0.297. The Labute approximate surface area is 207 Å². The van der Waals surface area contributed by atoms with Crippen LogP contribution >= 0.6 is 12.4 Å². The quantitative estimate of drug-likeness (QED) is 0.565. The van der Waals surface area contributed by atoms with Crippen molar-refractivity contribution in [2.24, 2.45) is 5.92 Å². The Morgan fingerprint density at radius 2 is 1.54 bits per heavy atom. The molecule has 5 amide bonds. The smallest absolute Gasteiger partial charge is 0.262 e. The fraction of sp³-hybridized carbons (Fsp3) is 0.522. The molecular formula is C23H27ClFN5O5. The zero-order valence-electron chi connectivity index (χ0n) is 19.0. The first-order valence-electron chi connectivity index (χ1n) is 11.6. The van der Waals surface area contributed by atoms with Gasteiger partial charge in [-0.1, -0.05) is 0 Å². The lowest BCUT2D eigenvalue weighted by Crippen LogP contribution is -2.54. The van der Waals surface area contributed by atoms with Gasteiger partial charge in [-0.3, -0.25) is 34.2 Å². The molecule has 1 atom stereocenters. The summed E-state index contributed by atoms with van der Waals surface area (Å²) in [6.45, 7) is 3.87. The number of piperazine rings is 1. The minimum absolute atomic E-state index is 0. The molecule has 4 aliphatic heterocycles. The van der Waals surface area contributed by atoms with Gasteiger partial charge in [0.2, 0.25) is 17.7 Å². The highest BCUT2D eigenvalue weighted by Gasteiger charge is 2.45. The van der Waals surface area contributed by atoms with Crippen molar-refractivity contribution in [1.29, 1.82) is 0 Å². The third-order valence-electron chi connectivity index (χ3n) is 7.12. The summed E-state index contributed by atoms with van der Waals surface area (Å²) in [7, 11) is 0. The van der Waals surface area contributed by atoms with Crippen molar-refractivity contribution in [3.63, 3.8) is 0 Å². The number of imide groups is 2. The van der Waals surface area contributed by atoms with Crippen LogP contribution in [0.15, 0.2) is 12.1 Å². The Morgan fingerprint density at radius 3 is 2.17 bits per heavy atom. The number of carbonyl (C=O) groups is 5. The van der Waals surface area contributed by atoms with E-state index < -0.39 is 35.5 Å². The molecule has 0 aliphatic carbocycles. The number of fused-ring (bicyclic) bond motifs is 1. The summed E-state index contributed by atoms with van der Waals surface area (Å²) in [5, 5.41) is 5.37. The number of nitrogens with zero attached hydrogens (tertiary/aromatic N) is 3. The molecule has 1 aromatic carbocycles. The largest absolute Gasteiger partial charge is 0.369 e. The van der Waals surface area contributed by atoms with Gasteiger partial charge in [-0.25, -0.2) is 4.39 Å². The molecule has 0 bridgehead atoms. The number of piperidine rings is 2. The van der Waals surface area contributed by atoms with E-state index in [0.717, 1.165) is 24.1 Å². The second-order valence-electron chi connectivity index (χ2n) is 9.13. The van der Waals surface area contributed by atoms with Crippen LogP contribution in [0.25, 0.3) is 0 Å². The third kappa shape index (κ3) is 4.50. The molecule has 4 aliphatic rings. The van der Waals surface area contributed by atoms with E-state index in [1.807, 2.05) is 4.90 Å². The maximum Gasteiger partial charge on any atom is 0.262 e. The number of carbonyl (C=O) groups excluding carboxylic acids is 5. The minimum Gasteiger partial charge on any atom is -0.369 e. The zero-order chi connectivity index (χ0) is 24.0. The summed E-state index contributed by atoms with van der Waals surface area (Å²) < 4.78 is 15.0. The maximum absolute atomic E-state index is 15.0. The highest BCUT2D eigenvalue weighted by atomic mass is 35.5. The van der Waals surface area contributed by atoms with Crippen molar-refractivity contribution >= 4 is 47.6 Å². The van der Waals surface area contributed by atoms with Gasteiger partial charge in [-0.15, -0.1) is 12.4 Å². The monoisotopic (exact) mass is 507 g/mol. The van der Waals surface area contributed by atoms with Gasteiger partial charge >= 0.3 is 0 Å². The molecule has 4 heterocycles. The molecule has 3 saturated heterocycles. The van der Waals surface area contributed by atoms with E-state index >= 15 is 4.39 Å². The standard InChI is InChI=1S/C23H26FN5O5.ClH/c24-16-11-14-15(23(34)29(22(14)33)17-1-2-19(30)26-20(17)31)12-18(16)27-7-3-13(4-8-27)21(32)28-9-5-25-6-10-28;/h11-13,17,25H,1-10H2,(H,26,30,31);1H. The number of hydrogen-bond acceptors (Lipinski definition) is 7. The number of anilines is 1. The summed E-state index contributed by atoms with van der Waals surface area (Å²) in [4.78, 5) is 66.8. The number of amides is 5. The Kier molecular flexibility index (Phi) is 7.09. The first kappa shape index (κ1) is 25.1. The van der Waals surface area contributed by atoms with E-state index in [1.165, 1.54) is 6.07 Å². The summed E-state index contributed by atoms with van der Waals surface area (Å²) in [5.74, 6) is -3.17. The Balaban J connectivity index is 0.00000289. The molecule has 3 fully saturated rings. The molecule has 188 valence electrons. The Morgan fingerprint density at radius 1 is 0.914 bits per heavy atom. The number of rotatable bonds is 3. The number of halogens is 2. The molecule has 12 heteroatoms. The first-order valence-corrected chi connectivity index (χ1v) is 11.6. The van der Waals surface area contributed by atoms with Crippen LogP contribution in [-0.2, 0) is 14.4 Å². The normalized spacial score (nSPS) is 23.2. The van der Waals surface area contributed by atoms with Crippen LogP contribution in [0.4, 0.5) is 10.1 Å². The van der Waals surface area contributed by atoms with Crippen LogP contribution in [0.1, 0.15) is 46.4 Å². The fourth-order valence-electron chi connectivity index (χ4n) is 5.23. The van der Waals surface area contributed by atoms with Gasteiger partial charge in [0, 0.05) is 51.6 Å². The summed E-state index contributed by atoms with van der Waals surface area (Å²) in [5.41, 5.74) is 0.169. The van der Waals surface area contributed by atoms with E-state index in [4.69, 9.17) is 0 Å². The SMILES string of the molecule is Cl.O=C1CCC(N2C(=O)c3cc(F)c(N4CCC(C(=O)N5CCNCC5)CC4)cc3C2=O)C(=O)N1. The Hall–Kier alpha value is -3.05. The predicted molar refractivity (Wildman–Crippen MR) is 125 cm³/mol. The van der Waals surface area contributed by atoms with E-state index in [9.17, 15) is 24.0 Å². The first-order chi connectivity index (χ1) is 16.3. The highest BCUT2D eigenvalue weighted by molar-refractivity contribution is 6.23. The molecule has 0 aromatic heterocycles. The molecule has 1 unspecified atom stereocenters. The van der Waals surface area contributed by atoms with Crippen molar-refractivity contribution in [3.8, 4) is 0 Å². The Bertz CT molecular complexity index is 1080. The van der Waals surface area contributed by atoms with E-state index in [2.05, 4.69) is 10.6 Å². The highest BCUT2D eigenvalue weighted by Crippen LogP contribution is 2.34. The number of hydrogen-bond donors (Lipinski definition) is 2. The molecule has 2 N–H and O–H groups in total. The second-order valence-corrected chi connectivity index (χ2v) is 9.13. The fourth-order valence-corrected chi connectivity index (χ4v) is 5.23. The van der Waals surface area contributed by atoms with Crippen molar-refractivity contribution in [3.05, 3.63) is 29.1 Å². The summed E-state index contributed by atoms with van der Waals surface area (Å²) in [6, 6.07) is 1.33. The van der Waals surface area contributed by atoms with Crippen LogP contribution in [-0.4, -0.2) is 84.6 Å². The van der Waals surface area contributed by atoms with E-state index in [0.29, 0.717) is 39.0 Å². The summed E-state index contributed by atoms with van der Waals surface area (Å²) >= 11 is 0. The van der Waals surface area contributed by atoms with Crippen LogP contribution in [0.3, 0.4) is 0 Å². The molecule has 35 heavy (non-hydrogen) atoms. The van der Waals surface area contributed by atoms with Crippen LogP contribution < -0.4 is 15.5 Å². The van der Waals surface area contributed by atoms with Crippen LogP contribution in [0.2, 0.25) is 0 Å². The second kappa shape index (κ2) is 9.90. The van der Waals surface area contributed by atoms with E-state index in [1.54, 1.807) is 4.90 Å². The zero-order valence-corrected chi connectivity index (χ0v) is 19.9. The van der Waals surface area contributed by atoms with Gasteiger partial charge in [0.1, 0.15) is 11.9 Å². The van der Waals surface area contributed by atoms with Crippen LogP contribution in [0.5, 0.6) is 0 Å². The van der Waals surface area contributed by atoms with Gasteiger partial charge in [0.15, 0.2) is 0 Å². The lowest BCUT2D eigenvalue weighted by Gasteiger charge is -2.36. The lowest BCUT2D eigenvalue weighted by atomic mass is 9.94. The van der Waals surface area contributed by atoms with E-state index in [-0.39, 0.29) is 53.9 Å². The average molecular weight is 508 g/mol.